The second-order valence-electron chi connectivity index (χ2n) is 17.8. The Bertz CT molecular complexity index is 3550. The molecular weight excluding hydrogens is 785 g/mol. The molecule has 1 aliphatic rings. The van der Waals surface area contributed by atoms with E-state index in [2.05, 4.69) is 266 Å². The maximum Gasteiger partial charge on any atom is 0.0543 e. The molecule has 0 aromatic heterocycles. The zero-order valence-electron chi connectivity index (χ0n) is 36.5. The van der Waals surface area contributed by atoms with Crippen molar-refractivity contribution in [2.75, 3.05) is 9.80 Å². The molecule has 65 heavy (non-hydrogen) atoms. The summed E-state index contributed by atoms with van der Waals surface area (Å²) in [7, 11) is 0. The maximum atomic E-state index is 2.49. The average Bonchev–Trinajstić information content (AvgIpc) is 3.60. The van der Waals surface area contributed by atoms with Crippen molar-refractivity contribution in [2.45, 2.75) is 19.3 Å². The quantitative estimate of drug-likeness (QED) is 0.151. The predicted molar refractivity (Wildman–Crippen MR) is 277 cm³/mol. The van der Waals surface area contributed by atoms with Crippen molar-refractivity contribution in [3.63, 3.8) is 0 Å². The van der Waals surface area contributed by atoms with Gasteiger partial charge < -0.3 is 9.80 Å². The predicted octanol–water partition coefficient (Wildman–Crippen LogP) is 17.7. The van der Waals surface area contributed by atoms with Gasteiger partial charge in [-0.25, -0.2) is 0 Å². The van der Waals surface area contributed by atoms with Crippen LogP contribution in [0.2, 0.25) is 0 Å². The smallest absolute Gasteiger partial charge is 0.0543 e. The molecule has 0 bridgehead atoms. The van der Waals surface area contributed by atoms with Gasteiger partial charge in [-0.2, -0.15) is 0 Å². The molecule has 2 nitrogen and oxygen atoms in total. The minimum Gasteiger partial charge on any atom is -0.310 e. The van der Waals surface area contributed by atoms with E-state index in [0.29, 0.717) is 0 Å². The van der Waals surface area contributed by atoms with Gasteiger partial charge in [0.05, 0.1) is 5.69 Å². The van der Waals surface area contributed by atoms with Crippen LogP contribution in [0.15, 0.2) is 243 Å². The maximum absolute atomic E-state index is 2.49. The van der Waals surface area contributed by atoms with E-state index >= 15 is 0 Å². The lowest BCUT2D eigenvalue weighted by atomic mass is 9.81. The van der Waals surface area contributed by atoms with E-state index < -0.39 is 0 Å². The Morgan fingerprint density at radius 3 is 1.28 bits per heavy atom. The molecule has 0 radical (unpaired) electrons. The highest BCUT2D eigenvalue weighted by atomic mass is 15.1. The molecule has 0 amide bonds. The summed E-state index contributed by atoms with van der Waals surface area (Å²) in [6.07, 6.45) is 0. The zero-order valence-corrected chi connectivity index (χ0v) is 36.5. The van der Waals surface area contributed by atoms with Gasteiger partial charge in [0.2, 0.25) is 0 Å². The fourth-order valence-electron chi connectivity index (χ4n) is 10.2. The van der Waals surface area contributed by atoms with E-state index in [1.165, 1.54) is 82.5 Å². The van der Waals surface area contributed by atoms with Gasteiger partial charge in [0, 0.05) is 39.2 Å². The average molecular weight is 831 g/mol. The fourth-order valence-corrected chi connectivity index (χ4v) is 10.2. The topological polar surface area (TPSA) is 6.48 Å². The lowest BCUT2D eigenvalue weighted by molar-refractivity contribution is 0.661. The second-order valence-corrected chi connectivity index (χ2v) is 17.8. The summed E-state index contributed by atoms with van der Waals surface area (Å²) in [5.41, 5.74) is 16.6. The fraction of sp³-hybridized carbons (Fsp3) is 0.0476. The number of anilines is 6. The summed E-state index contributed by atoms with van der Waals surface area (Å²) < 4.78 is 0. The third-order valence-corrected chi connectivity index (χ3v) is 13.6. The first-order valence-corrected chi connectivity index (χ1v) is 22.6. The minimum atomic E-state index is -0.308. The van der Waals surface area contributed by atoms with Gasteiger partial charge in [0.15, 0.2) is 0 Å². The Balaban J connectivity index is 1.02. The van der Waals surface area contributed by atoms with Crippen molar-refractivity contribution in [2.24, 2.45) is 0 Å². The first-order chi connectivity index (χ1) is 32.0. The number of benzene rings is 11. The van der Waals surface area contributed by atoms with Gasteiger partial charge >= 0.3 is 0 Å². The summed E-state index contributed by atoms with van der Waals surface area (Å²) in [5, 5.41) is 7.37. The molecular formula is C63H46N2. The van der Waals surface area contributed by atoms with Crippen molar-refractivity contribution in [1.82, 2.24) is 0 Å². The van der Waals surface area contributed by atoms with Crippen LogP contribution in [0.25, 0.3) is 65.7 Å². The zero-order chi connectivity index (χ0) is 43.5. The Morgan fingerprint density at radius 2 is 0.708 bits per heavy atom. The van der Waals surface area contributed by atoms with Gasteiger partial charge in [-0.1, -0.05) is 190 Å². The Morgan fingerprint density at radius 1 is 0.292 bits per heavy atom. The van der Waals surface area contributed by atoms with Crippen LogP contribution < -0.4 is 9.80 Å². The van der Waals surface area contributed by atoms with Gasteiger partial charge in [0.1, 0.15) is 0 Å². The van der Waals surface area contributed by atoms with Crippen LogP contribution in [0.3, 0.4) is 0 Å². The highest BCUT2D eigenvalue weighted by molar-refractivity contribution is 6.10. The SMILES string of the molecule is CC1(C)c2cc(N(c3ccc(-c4ccccc4)cc3)c3ccc4ccccc4c3)ccc2-c2c1cc(N(c1ccc(-c3ccccc3)cc1)c1ccc3ccccc3c1)c1ccccc21. The van der Waals surface area contributed by atoms with E-state index in [1.54, 1.807) is 0 Å². The summed E-state index contributed by atoms with van der Waals surface area (Å²) in [6, 6.07) is 89.0. The summed E-state index contributed by atoms with van der Waals surface area (Å²) in [6.45, 7) is 4.81. The van der Waals surface area contributed by atoms with Crippen LogP contribution >= 0.6 is 0 Å². The number of nitrogens with zero attached hydrogens (tertiary/aromatic N) is 2. The van der Waals surface area contributed by atoms with Crippen molar-refractivity contribution in [1.29, 1.82) is 0 Å². The van der Waals surface area contributed by atoms with E-state index in [-0.39, 0.29) is 5.41 Å². The van der Waals surface area contributed by atoms with Crippen molar-refractivity contribution in [3.05, 3.63) is 254 Å². The molecule has 12 rings (SSSR count). The van der Waals surface area contributed by atoms with Gasteiger partial charge in [-0.3, -0.25) is 0 Å². The molecule has 0 N–H and O–H groups in total. The van der Waals surface area contributed by atoms with Gasteiger partial charge in [0.25, 0.3) is 0 Å². The minimum absolute atomic E-state index is 0.308. The molecule has 0 saturated heterocycles. The first-order valence-electron chi connectivity index (χ1n) is 22.6. The van der Waals surface area contributed by atoms with Crippen LogP contribution in [0.4, 0.5) is 34.1 Å². The number of fused-ring (bicyclic) bond motifs is 7. The molecule has 0 atom stereocenters. The largest absolute Gasteiger partial charge is 0.310 e. The van der Waals surface area contributed by atoms with Crippen LogP contribution in [0, 0.1) is 0 Å². The number of hydrogen-bond donors (Lipinski definition) is 0. The lowest BCUT2D eigenvalue weighted by Crippen LogP contribution is -2.18. The molecule has 2 heteroatoms. The Labute approximate surface area is 380 Å². The number of hydrogen-bond acceptors (Lipinski definition) is 2. The second kappa shape index (κ2) is 15.6. The highest BCUT2D eigenvalue weighted by Crippen LogP contribution is 2.56. The standard InChI is InChI=1S/C63H46N2/c1-63(2)59-41-55(64(53-35-29-45-19-9-11-21-49(45)39-53)51-31-25-47(26-32-51)43-15-5-3-6-16-43)37-38-58(59)62-57-24-14-13-23-56(57)61(42-60(62)63)65(54-36-30-46-20-10-12-22-50(46)40-54)52-33-27-48(28-34-52)44-17-7-4-8-18-44/h3-42H,1-2H3. The lowest BCUT2D eigenvalue weighted by Gasteiger charge is -2.30. The Kier molecular flexibility index (Phi) is 9.21. The molecule has 0 saturated carbocycles. The molecule has 1 aliphatic carbocycles. The van der Waals surface area contributed by atoms with Crippen LogP contribution in [-0.4, -0.2) is 0 Å². The monoisotopic (exact) mass is 830 g/mol. The van der Waals surface area contributed by atoms with Crippen molar-refractivity contribution < 1.29 is 0 Å². The van der Waals surface area contributed by atoms with Gasteiger partial charge in [-0.05, 0) is 138 Å². The van der Waals surface area contributed by atoms with Crippen LogP contribution in [-0.2, 0) is 5.41 Å². The van der Waals surface area contributed by atoms with Crippen molar-refractivity contribution >= 4 is 66.4 Å². The van der Waals surface area contributed by atoms with E-state index in [9.17, 15) is 0 Å². The summed E-state index contributed by atoms with van der Waals surface area (Å²) in [5.74, 6) is 0. The summed E-state index contributed by atoms with van der Waals surface area (Å²) in [4.78, 5) is 4.89. The molecule has 0 aliphatic heterocycles. The van der Waals surface area contributed by atoms with Crippen LogP contribution in [0.5, 0.6) is 0 Å². The summed E-state index contributed by atoms with van der Waals surface area (Å²) >= 11 is 0. The molecule has 0 heterocycles. The van der Waals surface area contributed by atoms with Gasteiger partial charge in [-0.15, -0.1) is 0 Å². The normalized spacial score (nSPS) is 12.6. The highest BCUT2D eigenvalue weighted by Gasteiger charge is 2.38. The van der Waals surface area contributed by atoms with E-state index in [4.69, 9.17) is 0 Å². The van der Waals surface area contributed by atoms with E-state index in [1.807, 2.05) is 0 Å². The molecule has 0 spiro atoms. The Hall–Kier alpha value is -8.20. The molecule has 0 fully saturated rings. The van der Waals surface area contributed by atoms with Crippen molar-refractivity contribution in [3.8, 4) is 33.4 Å². The van der Waals surface area contributed by atoms with Crippen LogP contribution in [0.1, 0.15) is 25.0 Å². The molecule has 11 aromatic rings. The third-order valence-electron chi connectivity index (χ3n) is 13.6. The molecule has 0 unspecified atom stereocenters. The third kappa shape index (κ3) is 6.65. The van der Waals surface area contributed by atoms with E-state index in [0.717, 1.165) is 28.4 Å². The first kappa shape index (κ1) is 38.5. The molecule has 308 valence electrons. The molecule has 11 aromatic carbocycles. The number of rotatable bonds is 8.